The second-order valence-electron chi connectivity index (χ2n) is 7.67. The van der Waals surface area contributed by atoms with Crippen LogP contribution in [0.15, 0.2) is 47.4 Å². The minimum absolute atomic E-state index is 0.115. The van der Waals surface area contributed by atoms with Gasteiger partial charge in [0.05, 0.1) is 10.5 Å². The average molecular weight is 429 g/mol. The lowest BCUT2D eigenvalue weighted by atomic mass is 9.97. The molecule has 0 aliphatic heterocycles. The number of sulfone groups is 1. The molecule has 3 atom stereocenters. The first-order chi connectivity index (χ1) is 13.4. The molecule has 0 spiro atoms. The third kappa shape index (κ3) is 5.17. The zero-order valence-electron chi connectivity index (χ0n) is 16.1. The molecule has 2 aromatic carbocycles. The van der Waals surface area contributed by atoms with Crippen LogP contribution < -0.4 is 5.32 Å². The SMILES string of the molecule is C[C@@H](N[C@H]1CCC(c2ccc(S(C)(=O)=O)cc2)C1)c1ccc(F)c(C(F)(F)F)c1. The van der Waals surface area contributed by atoms with Crippen molar-refractivity contribution in [3.63, 3.8) is 0 Å². The lowest BCUT2D eigenvalue weighted by Crippen LogP contribution is -2.29. The summed E-state index contributed by atoms with van der Waals surface area (Å²) in [6, 6.07) is 9.71. The van der Waals surface area contributed by atoms with Crippen LogP contribution in [0.1, 0.15) is 54.8 Å². The van der Waals surface area contributed by atoms with Crippen LogP contribution in [0.2, 0.25) is 0 Å². The molecule has 0 radical (unpaired) electrons. The molecule has 0 saturated heterocycles. The van der Waals surface area contributed by atoms with Crippen molar-refractivity contribution in [1.82, 2.24) is 5.32 Å². The van der Waals surface area contributed by atoms with Gasteiger partial charge in [-0.2, -0.15) is 13.2 Å². The molecule has 29 heavy (non-hydrogen) atoms. The minimum atomic E-state index is -4.73. The van der Waals surface area contributed by atoms with Gasteiger partial charge in [0, 0.05) is 18.3 Å². The van der Waals surface area contributed by atoms with Crippen LogP contribution in [0.5, 0.6) is 0 Å². The van der Waals surface area contributed by atoms with Gasteiger partial charge in [0.1, 0.15) is 5.82 Å². The third-order valence-electron chi connectivity index (χ3n) is 5.49. The molecule has 3 nitrogen and oxygen atoms in total. The average Bonchev–Trinajstić information content (AvgIpc) is 3.09. The largest absolute Gasteiger partial charge is 0.419 e. The van der Waals surface area contributed by atoms with E-state index in [0.717, 1.165) is 37.0 Å². The quantitative estimate of drug-likeness (QED) is 0.662. The summed E-state index contributed by atoms with van der Waals surface area (Å²) < 4.78 is 75.5. The molecule has 1 N–H and O–H groups in total. The van der Waals surface area contributed by atoms with E-state index >= 15 is 0 Å². The molecular formula is C21H23F4NO2S. The maximum Gasteiger partial charge on any atom is 0.419 e. The standard InChI is InChI=1S/C21H23F4NO2S/c1-13(15-6-10-20(22)19(12-15)21(23,24)25)26-17-7-3-16(11-17)14-4-8-18(9-5-14)29(2,27)28/h4-6,8-10,12-13,16-17,26H,3,7,11H2,1-2H3/t13-,16?,17+/m1/s1. The molecule has 1 aliphatic rings. The highest BCUT2D eigenvalue weighted by Crippen LogP contribution is 2.37. The molecule has 0 bridgehead atoms. The summed E-state index contributed by atoms with van der Waals surface area (Å²) in [5, 5.41) is 3.34. The smallest absolute Gasteiger partial charge is 0.307 e. The Morgan fingerprint density at radius 3 is 2.31 bits per heavy atom. The summed E-state index contributed by atoms with van der Waals surface area (Å²) >= 11 is 0. The Bertz CT molecular complexity index is 971. The molecule has 3 rings (SSSR count). The maximum absolute atomic E-state index is 13.5. The molecule has 8 heteroatoms. The van der Waals surface area contributed by atoms with E-state index in [-0.39, 0.29) is 22.9 Å². The van der Waals surface area contributed by atoms with Gasteiger partial charge in [-0.3, -0.25) is 0 Å². The number of halogens is 4. The minimum Gasteiger partial charge on any atom is -0.307 e. The fourth-order valence-corrected chi connectivity index (χ4v) is 4.53. The Labute approximate surface area is 168 Å². The van der Waals surface area contributed by atoms with Crippen molar-refractivity contribution >= 4 is 9.84 Å². The van der Waals surface area contributed by atoms with Crippen molar-refractivity contribution in [3.05, 3.63) is 65.0 Å². The van der Waals surface area contributed by atoms with Crippen molar-refractivity contribution in [2.75, 3.05) is 6.26 Å². The molecule has 0 heterocycles. The predicted octanol–water partition coefficient (Wildman–Crippen LogP) is 5.23. The van der Waals surface area contributed by atoms with Crippen LogP contribution in [-0.2, 0) is 16.0 Å². The van der Waals surface area contributed by atoms with E-state index in [1.807, 2.05) is 12.1 Å². The Morgan fingerprint density at radius 1 is 1.07 bits per heavy atom. The topological polar surface area (TPSA) is 46.2 Å². The fourth-order valence-electron chi connectivity index (χ4n) is 3.90. The van der Waals surface area contributed by atoms with Crippen molar-refractivity contribution in [2.24, 2.45) is 0 Å². The van der Waals surface area contributed by atoms with Gasteiger partial charge in [-0.25, -0.2) is 12.8 Å². The predicted molar refractivity (Wildman–Crippen MR) is 103 cm³/mol. The first kappa shape index (κ1) is 21.8. The summed E-state index contributed by atoms with van der Waals surface area (Å²) in [5.41, 5.74) is 0.189. The van der Waals surface area contributed by atoms with Crippen LogP contribution in [0.3, 0.4) is 0 Å². The summed E-state index contributed by atoms with van der Waals surface area (Å²) in [7, 11) is -3.24. The van der Waals surface area contributed by atoms with Gasteiger partial charge in [-0.15, -0.1) is 0 Å². The van der Waals surface area contributed by atoms with Crippen LogP contribution >= 0.6 is 0 Å². The number of nitrogens with one attached hydrogen (secondary N) is 1. The van der Waals surface area contributed by atoms with E-state index in [1.54, 1.807) is 19.1 Å². The highest BCUT2D eigenvalue weighted by Gasteiger charge is 2.35. The second-order valence-corrected chi connectivity index (χ2v) is 9.69. The second kappa shape index (κ2) is 8.07. The third-order valence-corrected chi connectivity index (χ3v) is 6.62. The summed E-state index contributed by atoms with van der Waals surface area (Å²) in [4.78, 5) is 0.277. The van der Waals surface area contributed by atoms with Crippen molar-refractivity contribution < 1.29 is 26.0 Å². The van der Waals surface area contributed by atoms with Gasteiger partial charge in [0.2, 0.25) is 0 Å². The van der Waals surface area contributed by atoms with Gasteiger partial charge < -0.3 is 5.32 Å². The zero-order chi connectivity index (χ0) is 21.4. The highest BCUT2D eigenvalue weighted by atomic mass is 32.2. The first-order valence-electron chi connectivity index (χ1n) is 9.38. The highest BCUT2D eigenvalue weighted by molar-refractivity contribution is 7.90. The summed E-state index contributed by atoms with van der Waals surface area (Å²) in [6.07, 6.45) is -0.999. The lowest BCUT2D eigenvalue weighted by Gasteiger charge is -2.21. The van der Waals surface area contributed by atoms with Gasteiger partial charge >= 0.3 is 6.18 Å². The number of rotatable bonds is 5. The van der Waals surface area contributed by atoms with E-state index in [1.165, 1.54) is 12.3 Å². The number of benzene rings is 2. The van der Waals surface area contributed by atoms with Gasteiger partial charge in [-0.1, -0.05) is 18.2 Å². The number of alkyl halides is 3. The number of hydrogen-bond donors (Lipinski definition) is 1. The van der Waals surface area contributed by atoms with E-state index in [2.05, 4.69) is 5.32 Å². The fraction of sp³-hybridized carbons (Fsp3) is 0.429. The Hall–Kier alpha value is -1.93. The monoisotopic (exact) mass is 429 g/mol. The summed E-state index contributed by atoms with van der Waals surface area (Å²) in [6.45, 7) is 1.77. The van der Waals surface area contributed by atoms with Crippen LogP contribution in [0.4, 0.5) is 17.6 Å². The normalized spacial score (nSPS) is 21.3. The number of hydrogen-bond acceptors (Lipinski definition) is 3. The molecule has 0 aromatic heterocycles. The first-order valence-corrected chi connectivity index (χ1v) is 11.3. The van der Waals surface area contributed by atoms with E-state index < -0.39 is 27.4 Å². The molecule has 158 valence electrons. The van der Waals surface area contributed by atoms with E-state index in [9.17, 15) is 26.0 Å². The van der Waals surface area contributed by atoms with Crippen molar-refractivity contribution in [3.8, 4) is 0 Å². The van der Waals surface area contributed by atoms with E-state index in [0.29, 0.717) is 5.56 Å². The van der Waals surface area contributed by atoms with Crippen LogP contribution in [-0.4, -0.2) is 20.7 Å². The van der Waals surface area contributed by atoms with Crippen molar-refractivity contribution in [2.45, 2.75) is 55.3 Å². The van der Waals surface area contributed by atoms with Gasteiger partial charge in [0.15, 0.2) is 9.84 Å². The molecule has 2 aromatic rings. The van der Waals surface area contributed by atoms with Gasteiger partial charge in [0.25, 0.3) is 0 Å². The Balaban J connectivity index is 1.65. The van der Waals surface area contributed by atoms with Crippen LogP contribution in [0, 0.1) is 5.82 Å². The molecule has 1 unspecified atom stereocenters. The molecular weight excluding hydrogens is 406 g/mol. The maximum atomic E-state index is 13.5. The lowest BCUT2D eigenvalue weighted by molar-refractivity contribution is -0.140. The molecule has 1 saturated carbocycles. The van der Waals surface area contributed by atoms with Gasteiger partial charge in [-0.05, 0) is 67.5 Å². The molecule has 1 aliphatic carbocycles. The van der Waals surface area contributed by atoms with Crippen LogP contribution in [0.25, 0.3) is 0 Å². The van der Waals surface area contributed by atoms with E-state index in [4.69, 9.17) is 0 Å². The molecule has 0 amide bonds. The van der Waals surface area contributed by atoms with Crippen molar-refractivity contribution in [1.29, 1.82) is 0 Å². The molecule has 1 fully saturated rings. The summed E-state index contributed by atoms with van der Waals surface area (Å²) in [5.74, 6) is -1.01. The Kier molecular flexibility index (Phi) is 6.06. The Morgan fingerprint density at radius 2 is 1.72 bits per heavy atom. The zero-order valence-corrected chi connectivity index (χ0v) is 16.9.